The lowest BCUT2D eigenvalue weighted by atomic mass is 10.1. The highest BCUT2D eigenvalue weighted by Crippen LogP contribution is 2.21. The number of rotatable bonds is 10. The Balaban J connectivity index is 1.68. The number of allylic oxidation sites excluding steroid dienone is 4. The van der Waals surface area contributed by atoms with Gasteiger partial charge in [0.15, 0.2) is 16.6 Å². The van der Waals surface area contributed by atoms with Crippen LogP contribution >= 0.6 is 11.8 Å². The van der Waals surface area contributed by atoms with Crippen molar-refractivity contribution in [2.24, 2.45) is 0 Å². The molecule has 8 nitrogen and oxygen atoms in total. The van der Waals surface area contributed by atoms with Crippen LogP contribution in [0.15, 0.2) is 33.8 Å². The number of nitrogen functional groups attached to an aromatic ring is 1. The second kappa shape index (κ2) is 9.72. The number of aromatic nitrogens is 4. The van der Waals surface area contributed by atoms with E-state index in [-0.39, 0.29) is 11.5 Å². The zero-order valence-corrected chi connectivity index (χ0v) is 16.3. The van der Waals surface area contributed by atoms with E-state index in [1.54, 1.807) is 4.57 Å². The third-order valence-corrected chi connectivity index (χ3v) is 4.89. The van der Waals surface area contributed by atoms with Crippen LogP contribution in [-0.2, 0) is 16.0 Å². The summed E-state index contributed by atoms with van der Waals surface area (Å²) in [4.78, 5) is 24.0. The van der Waals surface area contributed by atoms with Crippen LogP contribution in [0.25, 0.3) is 11.2 Å². The van der Waals surface area contributed by atoms with Gasteiger partial charge in [0.05, 0.1) is 26.4 Å². The number of aromatic amines is 1. The predicted molar refractivity (Wildman–Crippen MR) is 107 cm³/mol. The van der Waals surface area contributed by atoms with Crippen molar-refractivity contribution >= 4 is 28.7 Å². The van der Waals surface area contributed by atoms with E-state index in [4.69, 9.17) is 15.2 Å². The number of fused-ring (bicyclic) bond motifs is 1. The Morgan fingerprint density at radius 2 is 2.11 bits per heavy atom. The molecule has 146 valence electrons. The van der Waals surface area contributed by atoms with Gasteiger partial charge in [-0.3, -0.25) is 4.57 Å². The second-order valence-electron chi connectivity index (χ2n) is 6.02. The number of imidazole rings is 1. The second-order valence-corrected chi connectivity index (χ2v) is 7.08. The van der Waals surface area contributed by atoms with E-state index in [9.17, 15) is 4.79 Å². The molecule has 9 heteroatoms. The molecule has 0 unspecified atom stereocenters. The van der Waals surface area contributed by atoms with Crippen molar-refractivity contribution in [2.75, 3.05) is 37.9 Å². The maximum atomic E-state index is 12.4. The van der Waals surface area contributed by atoms with Gasteiger partial charge in [0.2, 0.25) is 0 Å². The smallest absolute Gasteiger partial charge is 0.328 e. The molecule has 27 heavy (non-hydrogen) atoms. The minimum Gasteiger partial charge on any atom is -0.382 e. The van der Waals surface area contributed by atoms with Gasteiger partial charge in [0.25, 0.3) is 0 Å². The molecule has 0 radical (unpaired) electrons. The van der Waals surface area contributed by atoms with E-state index in [1.165, 1.54) is 11.8 Å². The molecule has 0 fully saturated rings. The topological polar surface area (TPSA) is 108 Å². The molecular formula is C18H25N5O3S. The summed E-state index contributed by atoms with van der Waals surface area (Å²) in [7, 11) is 0. The van der Waals surface area contributed by atoms with Crippen molar-refractivity contribution in [3.63, 3.8) is 0 Å². The monoisotopic (exact) mass is 391 g/mol. The Bertz CT molecular complexity index is 887. The summed E-state index contributed by atoms with van der Waals surface area (Å²) in [5.41, 5.74) is 7.92. The van der Waals surface area contributed by atoms with E-state index < -0.39 is 0 Å². The number of hydrogen-bond donors (Lipinski definition) is 2. The summed E-state index contributed by atoms with van der Waals surface area (Å²) in [5.74, 6) is 0.975. The number of nitrogens with one attached hydrogen (secondary N) is 1. The van der Waals surface area contributed by atoms with Crippen LogP contribution < -0.4 is 11.4 Å². The fourth-order valence-electron chi connectivity index (χ4n) is 2.77. The molecule has 0 saturated carbocycles. The first-order valence-corrected chi connectivity index (χ1v) is 10.1. The maximum absolute atomic E-state index is 12.4. The van der Waals surface area contributed by atoms with Gasteiger partial charge in [-0.05, 0) is 25.3 Å². The molecule has 0 saturated heterocycles. The number of ether oxygens (including phenoxy) is 2. The molecule has 2 aromatic heterocycles. The fourth-order valence-corrected chi connectivity index (χ4v) is 3.46. The SMILES string of the molecule is CCOCCOCCSc1nc(N)c2[nH]c(=O)n(CC3=CCCC=C3)c2n1. The van der Waals surface area contributed by atoms with E-state index in [2.05, 4.69) is 33.2 Å². The van der Waals surface area contributed by atoms with E-state index in [0.717, 1.165) is 18.4 Å². The molecule has 2 heterocycles. The predicted octanol–water partition coefficient (Wildman–Crippen LogP) is 2.12. The molecule has 3 rings (SSSR count). The highest BCUT2D eigenvalue weighted by Gasteiger charge is 2.15. The molecule has 0 spiro atoms. The summed E-state index contributed by atoms with van der Waals surface area (Å²) in [5, 5.41) is 0.536. The quantitative estimate of drug-likeness (QED) is 0.363. The summed E-state index contributed by atoms with van der Waals surface area (Å²) in [6.45, 7) is 4.84. The van der Waals surface area contributed by atoms with Gasteiger partial charge >= 0.3 is 5.69 Å². The van der Waals surface area contributed by atoms with Gasteiger partial charge in [0, 0.05) is 12.4 Å². The lowest BCUT2D eigenvalue weighted by Crippen LogP contribution is -2.18. The van der Waals surface area contributed by atoms with Crippen molar-refractivity contribution in [3.05, 3.63) is 34.3 Å². The molecule has 0 bridgehead atoms. The Hall–Kier alpha value is -2.10. The van der Waals surface area contributed by atoms with Crippen molar-refractivity contribution in [3.8, 4) is 0 Å². The summed E-state index contributed by atoms with van der Waals surface area (Å²) >= 11 is 1.45. The van der Waals surface area contributed by atoms with Crippen LogP contribution in [0.5, 0.6) is 0 Å². The van der Waals surface area contributed by atoms with Crippen LogP contribution in [0.3, 0.4) is 0 Å². The van der Waals surface area contributed by atoms with Crippen LogP contribution in [0, 0.1) is 0 Å². The van der Waals surface area contributed by atoms with Gasteiger partial charge in [-0.25, -0.2) is 14.8 Å². The largest absolute Gasteiger partial charge is 0.382 e. The van der Waals surface area contributed by atoms with Crippen LogP contribution in [0.4, 0.5) is 5.82 Å². The summed E-state index contributed by atoms with van der Waals surface area (Å²) in [6, 6.07) is 0. The van der Waals surface area contributed by atoms with Crippen molar-refractivity contribution in [2.45, 2.75) is 31.5 Å². The Morgan fingerprint density at radius 3 is 2.89 bits per heavy atom. The summed E-state index contributed by atoms with van der Waals surface area (Å²) < 4.78 is 12.3. The van der Waals surface area contributed by atoms with Gasteiger partial charge in [-0.2, -0.15) is 0 Å². The number of hydrogen-bond acceptors (Lipinski definition) is 7. The molecule has 0 atom stereocenters. The molecular weight excluding hydrogens is 366 g/mol. The molecule has 2 aromatic rings. The first-order chi connectivity index (χ1) is 13.2. The minimum atomic E-state index is -0.229. The molecule has 1 aliphatic rings. The van der Waals surface area contributed by atoms with Crippen LogP contribution in [0.2, 0.25) is 0 Å². The number of H-pyrrole nitrogens is 1. The molecule has 0 amide bonds. The molecule has 3 N–H and O–H groups in total. The fraction of sp³-hybridized carbons (Fsp3) is 0.500. The number of anilines is 1. The highest BCUT2D eigenvalue weighted by molar-refractivity contribution is 7.99. The summed E-state index contributed by atoms with van der Waals surface area (Å²) in [6.07, 6.45) is 8.34. The molecule has 1 aliphatic carbocycles. The highest BCUT2D eigenvalue weighted by atomic mass is 32.2. The first kappa shape index (κ1) is 19.7. The lowest BCUT2D eigenvalue weighted by Gasteiger charge is -2.08. The third-order valence-electron chi connectivity index (χ3n) is 4.08. The van der Waals surface area contributed by atoms with Gasteiger partial charge in [-0.15, -0.1) is 0 Å². The standard InChI is InChI=1S/C18H25N5O3S/c1-2-25-8-9-26-10-11-27-17-21-15(19)14-16(22-17)23(18(24)20-14)12-13-6-4-3-5-7-13/h4,6-7H,2-3,5,8-12H2,1H3,(H,20,24)(H2,19,21,22). The zero-order chi connectivity index (χ0) is 19.1. The van der Waals surface area contributed by atoms with E-state index >= 15 is 0 Å². The number of nitrogens with zero attached hydrogens (tertiary/aromatic N) is 3. The van der Waals surface area contributed by atoms with E-state index in [1.807, 2.05) is 6.92 Å². The van der Waals surface area contributed by atoms with Crippen LogP contribution in [0.1, 0.15) is 19.8 Å². The average molecular weight is 391 g/mol. The molecule has 0 aliphatic heterocycles. The lowest BCUT2D eigenvalue weighted by molar-refractivity contribution is 0.0594. The maximum Gasteiger partial charge on any atom is 0.328 e. The first-order valence-electron chi connectivity index (χ1n) is 9.09. The van der Waals surface area contributed by atoms with Gasteiger partial charge < -0.3 is 20.2 Å². The minimum absolute atomic E-state index is 0.229. The zero-order valence-electron chi connectivity index (χ0n) is 15.4. The van der Waals surface area contributed by atoms with Crippen molar-refractivity contribution < 1.29 is 9.47 Å². The number of thioether (sulfide) groups is 1. The van der Waals surface area contributed by atoms with E-state index in [0.29, 0.717) is 55.0 Å². The Morgan fingerprint density at radius 1 is 1.26 bits per heavy atom. The van der Waals surface area contributed by atoms with Gasteiger partial charge in [0.1, 0.15) is 5.52 Å². The molecule has 0 aromatic carbocycles. The van der Waals surface area contributed by atoms with Crippen molar-refractivity contribution in [1.82, 2.24) is 19.5 Å². The number of nitrogens with two attached hydrogens (primary N) is 1. The third kappa shape index (κ3) is 5.21. The Labute approximate surface area is 161 Å². The Kier molecular flexibility index (Phi) is 7.08. The van der Waals surface area contributed by atoms with Crippen molar-refractivity contribution in [1.29, 1.82) is 0 Å². The average Bonchev–Trinajstić information content (AvgIpc) is 2.98. The van der Waals surface area contributed by atoms with Crippen LogP contribution in [-0.4, -0.2) is 51.7 Å². The normalized spacial score (nSPS) is 14.0. The van der Waals surface area contributed by atoms with Gasteiger partial charge in [-0.1, -0.05) is 30.0 Å².